The van der Waals surface area contributed by atoms with Crippen LogP contribution in [0.15, 0.2) is 12.3 Å². The summed E-state index contributed by atoms with van der Waals surface area (Å²) in [7, 11) is 1.93. The molecule has 2 rings (SSSR count). The molecule has 0 aliphatic carbocycles. The highest BCUT2D eigenvalue weighted by Gasteiger charge is 2.23. The van der Waals surface area contributed by atoms with Crippen molar-refractivity contribution < 1.29 is 4.79 Å². The first-order valence-corrected chi connectivity index (χ1v) is 9.19. The van der Waals surface area contributed by atoms with E-state index in [1.165, 1.54) is 0 Å². The fraction of sp³-hybridized carbons (Fsp3) is 0.722. The second kappa shape index (κ2) is 9.45. The summed E-state index contributed by atoms with van der Waals surface area (Å²) in [5.41, 5.74) is 0. The Bertz CT molecular complexity index is 514. The number of hydrogen-bond donors (Lipinski definition) is 1. The lowest BCUT2D eigenvalue weighted by atomic mass is 9.93. The van der Waals surface area contributed by atoms with Gasteiger partial charge in [0.1, 0.15) is 5.82 Å². The second-order valence-electron chi connectivity index (χ2n) is 6.57. The van der Waals surface area contributed by atoms with Gasteiger partial charge in [-0.2, -0.15) is 4.98 Å². The Hall–Kier alpha value is -1.85. The molecule has 1 N–H and O–H groups in total. The van der Waals surface area contributed by atoms with Gasteiger partial charge < -0.3 is 15.1 Å². The number of nitrogens with one attached hydrogen (secondary N) is 1. The van der Waals surface area contributed by atoms with Crippen LogP contribution in [0.3, 0.4) is 0 Å². The quantitative estimate of drug-likeness (QED) is 0.792. The highest BCUT2D eigenvalue weighted by molar-refractivity contribution is 5.76. The predicted octanol–water partition coefficient (Wildman–Crippen LogP) is 2.77. The fourth-order valence-electron chi connectivity index (χ4n) is 3.06. The zero-order chi connectivity index (χ0) is 17.4. The maximum Gasteiger partial charge on any atom is 0.224 e. The van der Waals surface area contributed by atoms with Crippen molar-refractivity contribution in [2.75, 3.05) is 43.4 Å². The van der Waals surface area contributed by atoms with E-state index in [9.17, 15) is 4.79 Å². The number of piperidine rings is 1. The maximum absolute atomic E-state index is 12.3. The smallest absolute Gasteiger partial charge is 0.224 e. The molecule has 0 aromatic carbocycles. The maximum atomic E-state index is 12.3. The molecule has 6 nitrogen and oxygen atoms in total. The summed E-state index contributed by atoms with van der Waals surface area (Å²) >= 11 is 0. The van der Waals surface area contributed by atoms with Crippen molar-refractivity contribution in [3.8, 4) is 0 Å². The van der Waals surface area contributed by atoms with Crippen molar-refractivity contribution in [2.24, 2.45) is 5.92 Å². The minimum atomic E-state index is 0.290. The van der Waals surface area contributed by atoms with Gasteiger partial charge in [-0.05, 0) is 38.2 Å². The largest absolute Gasteiger partial charge is 0.356 e. The molecule has 0 unspecified atom stereocenters. The fourth-order valence-corrected chi connectivity index (χ4v) is 3.06. The molecule has 0 radical (unpaired) electrons. The summed E-state index contributed by atoms with van der Waals surface area (Å²) in [4.78, 5) is 25.2. The molecule has 0 bridgehead atoms. The van der Waals surface area contributed by atoms with Crippen molar-refractivity contribution in [3.63, 3.8) is 0 Å². The van der Waals surface area contributed by atoms with Gasteiger partial charge in [-0.3, -0.25) is 4.79 Å². The van der Waals surface area contributed by atoms with E-state index in [1.807, 2.05) is 24.9 Å². The molecule has 1 aliphatic rings. The summed E-state index contributed by atoms with van der Waals surface area (Å²) in [5, 5.41) is 3.15. The van der Waals surface area contributed by atoms with Crippen molar-refractivity contribution in [3.05, 3.63) is 12.3 Å². The molecule has 1 saturated heterocycles. The molecular weight excluding hydrogens is 302 g/mol. The summed E-state index contributed by atoms with van der Waals surface area (Å²) in [6.07, 6.45) is 6.80. The van der Waals surface area contributed by atoms with Crippen molar-refractivity contribution in [1.82, 2.24) is 14.9 Å². The average molecular weight is 333 g/mol. The van der Waals surface area contributed by atoms with Gasteiger partial charge >= 0.3 is 0 Å². The third-order valence-corrected chi connectivity index (χ3v) is 4.65. The second-order valence-corrected chi connectivity index (χ2v) is 6.57. The van der Waals surface area contributed by atoms with Crippen molar-refractivity contribution in [1.29, 1.82) is 0 Å². The number of carbonyl (C=O) groups excluding carboxylic acids is 1. The Kier molecular flexibility index (Phi) is 7.28. The molecule has 0 atom stereocenters. The Morgan fingerprint density at radius 1 is 1.38 bits per heavy atom. The zero-order valence-electron chi connectivity index (χ0n) is 15.3. The summed E-state index contributed by atoms with van der Waals surface area (Å²) < 4.78 is 0. The minimum Gasteiger partial charge on any atom is -0.356 e. The highest BCUT2D eigenvalue weighted by atomic mass is 16.2. The summed E-state index contributed by atoms with van der Waals surface area (Å²) in [6.45, 7) is 7.80. The van der Waals surface area contributed by atoms with Crippen LogP contribution >= 0.6 is 0 Å². The van der Waals surface area contributed by atoms with E-state index >= 15 is 0 Å². The van der Waals surface area contributed by atoms with Crippen LogP contribution in [0.4, 0.5) is 11.8 Å². The van der Waals surface area contributed by atoms with Crippen LogP contribution in [0.5, 0.6) is 0 Å². The van der Waals surface area contributed by atoms with E-state index in [0.29, 0.717) is 24.2 Å². The molecule has 1 aliphatic heterocycles. The first-order valence-electron chi connectivity index (χ1n) is 9.19. The molecule has 134 valence electrons. The molecule has 1 aromatic heterocycles. The third kappa shape index (κ3) is 5.35. The van der Waals surface area contributed by atoms with Gasteiger partial charge in [-0.15, -0.1) is 0 Å². The van der Waals surface area contributed by atoms with Gasteiger partial charge in [-0.1, -0.05) is 13.3 Å². The lowest BCUT2D eigenvalue weighted by molar-refractivity contribution is -0.131. The highest BCUT2D eigenvalue weighted by Crippen LogP contribution is 2.25. The van der Waals surface area contributed by atoms with Gasteiger partial charge in [0.25, 0.3) is 0 Å². The van der Waals surface area contributed by atoms with Gasteiger partial charge in [0.2, 0.25) is 11.9 Å². The van der Waals surface area contributed by atoms with E-state index in [-0.39, 0.29) is 0 Å². The molecule has 1 aromatic rings. The topological polar surface area (TPSA) is 61.4 Å². The van der Waals surface area contributed by atoms with Gasteiger partial charge in [-0.25, -0.2) is 4.98 Å². The van der Waals surface area contributed by atoms with E-state index < -0.39 is 0 Å². The monoisotopic (exact) mass is 333 g/mol. The van der Waals surface area contributed by atoms with Gasteiger partial charge in [0, 0.05) is 45.8 Å². The first kappa shape index (κ1) is 18.5. The third-order valence-electron chi connectivity index (χ3n) is 4.65. The predicted molar refractivity (Wildman–Crippen MR) is 98.3 cm³/mol. The van der Waals surface area contributed by atoms with Crippen LogP contribution in [-0.4, -0.2) is 54.0 Å². The zero-order valence-corrected chi connectivity index (χ0v) is 15.3. The average Bonchev–Trinajstić information content (AvgIpc) is 2.60. The van der Waals surface area contributed by atoms with E-state index in [2.05, 4.69) is 27.1 Å². The van der Waals surface area contributed by atoms with Crippen LogP contribution in [0.1, 0.15) is 46.0 Å². The molecule has 2 heterocycles. The molecule has 0 saturated carbocycles. The number of amides is 1. The van der Waals surface area contributed by atoms with Gasteiger partial charge in [0.05, 0.1) is 0 Å². The lowest BCUT2D eigenvalue weighted by Crippen LogP contribution is -2.37. The summed E-state index contributed by atoms with van der Waals surface area (Å²) in [5.74, 6) is 2.45. The number of anilines is 2. The first-order chi connectivity index (χ1) is 11.6. The Balaban J connectivity index is 1.81. The minimum absolute atomic E-state index is 0.290. The normalized spacial score (nSPS) is 15.4. The standard InChI is InChI=1S/C18H31N5O/c1-4-6-11-22(3)17(24)14-15-8-12-23(13-9-15)16-7-10-20-18(21-16)19-5-2/h7,10,15H,4-6,8-9,11-14H2,1-3H3,(H,19,20,21). The van der Waals surface area contributed by atoms with Crippen LogP contribution in [0.25, 0.3) is 0 Å². The molecule has 1 fully saturated rings. The summed E-state index contributed by atoms with van der Waals surface area (Å²) in [6, 6.07) is 1.96. The van der Waals surface area contributed by atoms with E-state index in [1.54, 1.807) is 6.20 Å². The van der Waals surface area contributed by atoms with Crippen molar-refractivity contribution >= 4 is 17.7 Å². The number of nitrogens with zero attached hydrogens (tertiary/aromatic N) is 4. The van der Waals surface area contributed by atoms with Crippen LogP contribution in [0.2, 0.25) is 0 Å². The number of hydrogen-bond acceptors (Lipinski definition) is 5. The number of aromatic nitrogens is 2. The van der Waals surface area contributed by atoms with Crippen LogP contribution in [-0.2, 0) is 4.79 Å². The molecule has 24 heavy (non-hydrogen) atoms. The van der Waals surface area contributed by atoms with Crippen molar-refractivity contribution in [2.45, 2.75) is 46.0 Å². The number of unbranched alkanes of at least 4 members (excludes halogenated alkanes) is 1. The Morgan fingerprint density at radius 2 is 2.12 bits per heavy atom. The van der Waals surface area contributed by atoms with E-state index in [0.717, 1.165) is 57.7 Å². The molecular formula is C18H31N5O. The number of rotatable bonds is 8. The Labute approximate surface area is 145 Å². The molecule has 1 amide bonds. The van der Waals surface area contributed by atoms with Gasteiger partial charge in [0.15, 0.2) is 0 Å². The Morgan fingerprint density at radius 3 is 2.79 bits per heavy atom. The van der Waals surface area contributed by atoms with E-state index in [4.69, 9.17) is 0 Å². The molecule has 6 heteroatoms. The van der Waals surface area contributed by atoms with Crippen LogP contribution < -0.4 is 10.2 Å². The lowest BCUT2D eigenvalue weighted by Gasteiger charge is -2.33. The molecule has 0 spiro atoms. The number of carbonyl (C=O) groups is 1. The van der Waals surface area contributed by atoms with Crippen LogP contribution in [0, 0.1) is 5.92 Å². The SMILES string of the molecule is CCCCN(C)C(=O)CC1CCN(c2ccnc(NCC)n2)CC1.